The molecule has 0 aliphatic rings. The zero-order valence-electron chi connectivity index (χ0n) is 11.7. The maximum absolute atomic E-state index is 13.5. The van der Waals surface area contributed by atoms with E-state index in [4.69, 9.17) is 0 Å². The molecule has 0 unspecified atom stereocenters. The van der Waals surface area contributed by atoms with Crippen molar-refractivity contribution in [1.29, 1.82) is 0 Å². The predicted octanol–water partition coefficient (Wildman–Crippen LogP) is 5.13. The third-order valence-corrected chi connectivity index (χ3v) is 6.37. The average molecular weight is 287 g/mol. The summed E-state index contributed by atoms with van der Waals surface area (Å²) in [5.74, 6) is 2.34. The maximum Gasteiger partial charge on any atom is 0.171 e. The summed E-state index contributed by atoms with van der Waals surface area (Å²) < 4.78 is 13.5. The van der Waals surface area contributed by atoms with Crippen molar-refractivity contribution in [2.75, 3.05) is 17.8 Å². The highest BCUT2D eigenvalue weighted by Gasteiger charge is 2.24. The smallest absolute Gasteiger partial charge is 0.171 e. The number of halogens is 1. The van der Waals surface area contributed by atoms with E-state index < -0.39 is 0 Å². The zero-order valence-corrected chi connectivity index (χ0v) is 13.3. The van der Waals surface area contributed by atoms with Gasteiger partial charge in [0, 0.05) is 17.0 Å². The molecular weight excluding hydrogens is 263 g/mol. The van der Waals surface area contributed by atoms with Crippen molar-refractivity contribution in [2.24, 2.45) is 0 Å². The van der Waals surface area contributed by atoms with Crippen molar-refractivity contribution < 1.29 is 4.39 Å². The van der Waals surface area contributed by atoms with E-state index >= 15 is 0 Å². The van der Waals surface area contributed by atoms with Gasteiger partial charge < -0.3 is 0 Å². The highest BCUT2D eigenvalue weighted by atomic mass is 32.2. The van der Waals surface area contributed by atoms with Crippen LogP contribution in [0.15, 0.2) is 28.0 Å². The van der Waals surface area contributed by atoms with Crippen molar-refractivity contribution in [3.05, 3.63) is 24.0 Å². The minimum Gasteiger partial charge on any atom is -0.207 e. The topological polar surface area (TPSA) is 0 Å². The summed E-state index contributed by atoms with van der Waals surface area (Å²) in [7, 11) is 0.230. The number of thioether (sulfide) groups is 1. The first-order valence-corrected chi connectivity index (χ1v) is 9.52. The van der Waals surface area contributed by atoms with E-state index in [0.717, 1.165) is 0 Å². The first-order valence-electron chi connectivity index (χ1n) is 6.74. The molecule has 1 aromatic carbocycles. The Morgan fingerprint density at radius 2 is 1.72 bits per heavy atom. The molecule has 1 rings (SSSR count). The van der Waals surface area contributed by atoms with Crippen LogP contribution < -0.4 is 0 Å². The van der Waals surface area contributed by atoms with Crippen LogP contribution in [0.5, 0.6) is 0 Å². The zero-order chi connectivity index (χ0) is 13.4. The Morgan fingerprint density at radius 1 is 1.11 bits per heavy atom. The summed E-state index contributed by atoms with van der Waals surface area (Å²) in [6.45, 7) is 4.45. The first-order chi connectivity index (χ1) is 8.72. The van der Waals surface area contributed by atoms with E-state index in [1.54, 1.807) is 23.9 Å². The van der Waals surface area contributed by atoms with Gasteiger partial charge in [-0.05, 0) is 31.2 Å². The Morgan fingerprint density at radius 3 is 2.22 bits per heavy atom. The molecule has 0 atom stereocenters. The molecule has 0 amide bonds. The number of hydrogen-bond acceptors (Lipinski definition) is 1. The molecule has 0 aliphatic heterocycles. The molecule has 0 bridgehead atoms. The van der Waals surface area contributed by atoms with Crippen LogP contribution in [0.4, 0.5) is 4.39 Å². The summed E-state index contributed by atoms with van der Waals surface area (Å²) in [4.78, 5) is 2.51. The van der Waals surface area contributed by atoms with Crippen molar-refractivity contribution in [3.8, 4) is 0 Å². The number of unbranched alkanes of at least 4 members (excludes halogenated alkanes) is 2. The Bertz CT molecular complexity index is 344. The molecule has 102 valence electrons. The molecule has 0 aliphatic carbocycles. The molecule has 0 fully saturated rings. The van der Waals surface area contributed by atoms with Gasteiger partial charge in [0.1, 0.15) is 17.3 Å². The van der Waals surface area contributed by atoms with E-state index in [-0.39, 0.29) is 16.7 Å². The van der Waals surface area contributed by atoms with E-state index in [2.05, 4.69) is 20.1 Å². The monoisotopic (exact) mass is 287 g/mol. The number of rotatable bonds is 8. The fourth-order valence-corrected chi connectivity index (χ4v) is 5.45. The highest BCUT2D eigenvalue weighted by Crippen LogP contribution is 2.29. The normalized spacial score (nSPS) is 11.2. The van der Waals surface area contributed by atoms with Crippen LogP contribution in [0.1, 0.15) is 39.5 Å². The lowest BCUT2D eigenvalue weighted by Crippen LogP contribution is -2.14. The summed E-state index contributed by atoms with van der Waals surface area (Å²) in [6, 6.07) is 5.28. The Kier molecular flexibility index (Phi) is 7.84. The van der Waals surface area contributed by atoms with Crippen LogP contribution in [-0.4, -0.2) is 17.8 Å². The molecule has 3 heteroatoms. The molecule has 0 saturated heterocycles. The van der Waals surface area contributed by atoms with E-state index in [1.807, 2.05) is 6.07 Å². The second-order valence-corrected chi connectivity index (χ2v) is 7.49. The molecule has 18 heavy (non-hydrogen) atoms. The van der Waals surface area contributed by atoms with E-state index in [9.17, 15) is 4.39 Å². The molecule has 0 radical (unpaired) electrons. The van der Waals surface area contributed by atoms with Gasteiger partial charge in [0.05, 0.1) is 4.90 Å². The lowest BCUT2D eigenvalue weighted by Gasteiger charge is -2.11. The van der Waals surface area contributed by atoms with Gasteiger partial charge in [0.15, 0.2) is 4.90 Å². The second-order valence-electron chi connectivity index (χ2n) is 4.40. The molecule has 0 spiro atoms. The van der Waals surface area contributed by atoms with Gasteiger partial charge in [-0.2, -0.15) is 0 Å². The SMILES string of the molecule is CCCC[S+](CCCC)c1cc(F)ccc1SC. The van der Waals surface area contributed by atoms with Crippen LogP contribution in [0.25, 0.3) is 0 Å². The maximum atomic E-state index is 13.5. The molecule has 0 heterocycles. The Labute approximate surface area is 118 Å². The minimum atomic E-state index is -0.0895. The van der Waals surface area contributed by atoms with Crippen molar-refractivity contribution >= 4 is 22.7 Å². The number of benzene rings is 1. The highest BCUT2D eigenvalue weighted by molar-refractivity contribution is 8.00. The molecular formula is C15H24FS2+. The van der Waals surface area contributed by atoms with Gasteiger partial charge in [-0.1, -0.05) is 26.7 Å². The van der Waals surface area contributed by atoms with Crippen LogP contribution in [0, 0.1) is 5.82 Å². The Hall–Kier alpha value is -0.150. The lowest BCUT2D eigenvalue weighted by atomic mass is 10.3. The average Bonchev–Trinajstić information content (AvgIpc) is 2.39. The molecule has 0 nitrogen and oxygen atoms in total. The fourth-order valence-electron chi connectivity index (χ4n) is 1.84. The molecule has 0 aromatic heterocycles. The molecule has 0 N–H and O–H groups in total. The van der Waals surface area contributed by atoms with Crippen LogP contribution in [0.3, 0.4) is 0 Å². The third kappa shape index (κ3) is 4.85. The molecule has 0 saturated carbocycles. The van der Waals surface area contributed by atoms with Gasteiger partial charge >= 0.3 is 0 Å². The summed E-state index contributed by atoms with van der Waals surface area (Å²) in [6.07, 6.45) is 7.02. The largest absolute Gasteiger partial charge is 0.207 e. The van der Waals surface area contributed by atoms with Gasteiger partial charge in [-0.3, -0.25) is 0 Å². The standard InChI is InChI=1S/C15H24FS2/c1-4-6-10-18(11-7-5-2)15-12-13(16)8-9-14(15)17-3/h8-9,12H,4-7,10-11H2,1-3H3/q+1. The fraction of sp³-hybridized carbons (Fsp3) is 0.600. The van der Waals surface area contributed by atoms with Crippen LogP contribution in [0.2, 0.25) is 0 Å². The first kappa shape index (κ1) is 15.9. The minimum absolute atomic E-state index is 0.0895. The predicted molar refractivity (Wildman–Crippen MR) is 83.4 cm³/mol. The van der Waals surface area contributed by atoms with Gasteiger partial charge in [-0.15, -0.1) is 11.8 Å². The van der Waals surface area contributed by atoms with E-state index in [0.29, 0.717) is 0 Å². The van der Waals surface area contributed by atoms with Crippen molar-refractivity contribution in [3.63, 3.8) is 0 Å². The van der Waals surface area contributed by atoms with Crippen molar-refractivity contribution in [2.45, 2.75) is 49.3 Å². The third-order valence-electron chi connectivity index (χ3n) is 2.93. The van der Waals surface area contributed by atoms with Gasteiger partial charge in [0.25, 0.3) is 0 Å². The van der Waals surface area contributed by atoms with Crippen molar-refractivity contribution in [1.82, 2.24) is 0 Å². The van der Waals surface area contributed by atoms with Gasteiger partial charge in [0.2, 0.25) is 0 Å². The summed E-state index contributed by atoms with van der Waals surface area (Å²) in [5, 5.41) is 0. The van der Waals surface area contributed by atoms with Gasteiger partial charge in [-0.25, -0.2) is 4.39 Å². The lowest BCUT2D eigenvalue weighted by molar-refractivity contribution is 0.621. The summed E-state index contributed by atoms with van der Waals surface area (Å²) >= 11 is 1.74. The molecule has 1 aromatic rings. The van der Waals surface area contributed by atoms with Crippen LogP contribution >= 0.6 is 11.8 Å². The Balaban J connectivity index is 2.90. The quantitative estimate of drug-likeness (QED) is 0.472. The van der Waals surface area contributed by atoms with E-state index in [1.165, 1.54) is 47.0 Å². The summed E-state index contributed by atoms with van der Waals surface area (Å²) in [5.41, 5.74) is 0. The number of hydrogen-bond donors (Lipinski definition) is 0. The van der Waals surface area contributed by atoms with Crippen LogP contribution in [-0.2, 0) is 10.9 Å². The second kappa shape index (κ2) is 8.87.